The van der Waals surface area contributed by atoms with Crippen molar-refractivity contribution in [2.45, 2.75) is 77.4 Å². The first-order valence-corrected chi connectivity index (χ1v) is 11.9. The molecule has 2 unspecified atom stereocenters. The average Bonchev–Trinajstić information content (AvgIpc) is 3.15. The molecule has 8 atom stereocenters. The number of rotatable bonds is 2. The number of ether oxygens (including phenoxy) is 2. The van der Waals surface area contributed by atoms with Crippen molar-refractivity contribution in [3.63, 3.8) is 0 Å². The summed E-state index contributed by atoms with van der Waals surface area (Å²) in [5.74, 6) is -0.376. The van der Waals surface area contributed by atoms with Crippen molar-refractivity contribution in [2.75, 3.05) is 19.7 Å². The standard InChI is InChI=1S/C24H35NO5/c1-23-7-3-4-15(23)19-16(6-8-23)24(2)9-5-14(12-17(24)20(26)21(19)27)30-22(28)18-13-25-10-11-29-18/h14-19,25H,3-13H2,1-2H3/t14-,15-,16-,17?,18?,19-,23-,24+/m0/s1. The summed E-state index contributed by atoms with van der Waals surface area (Å²) in [6.45, 7) is 6.29. The Labute approximate surface area is 178 Å². The SMILES string of the molecule is C[C@@]12CCC[C@H]1[C@@H]1C(=O)C(=O)C3C[C@@H](OC(=O)C4CNCCO4)CC[C@]3(C)[C@H]1CC2. The molecule has 6 nitrogen and oxygen atoms in total. The van der Waals surface area contributed by atoms with E-state index in [2.05, 4.69) is 19.2 Å². The van der Waals surface area contributed by atoms with Crippen molar-refractivity contribution >= 4 is 17.5 Å². The summed E-state index contributed by atoms with van der Waals surface area (Å²) < 4.78 is 11.3. The maximum absolute atomic E-state index is 13.3. The van der Waals surface area contributed by atoms with Gasteiger partial charge >= 0.3 is 5.97 Å². The van der Waals surface area contributed by atoms with E-state index in [4.69, 9.17) is 9.47 Å². The lowest BCUT2D eigenvalue weighted by Crippen LogP contribution is -2.61. The molecule has 1 N–H and O–H groups in total. The van der Waals surface area contributed by atoms with Crippen molar-refractivity contribution in [3.8, 4) is 0 Å². The first-order chi connectivity index (χ1) is 14.3. The van der Waals surface area contributed by atoms with Gasteiger partial charge in [-0.15, -0.1) is 0 Å². The number of ketones is 2. The van der Waals surface area contributed by atoms with Crippen molar-refractivity contribution in [3.05, 3.63) is 0 Å². The highest BCUT2D eigenvalue weighted by atomic mass is 16.6. The molecule has 30 heavy (non-hydrogen) atoms. The summed E-state index contributed by atoms with van der Waals surface area (Å²) in [6.07, 6.45) is 6.93. The number of carbonyl (C=O) groups excluding carboxylic acids is 3. The molecule has 5 aliphatic rings. The lowest BCUT2D eigenvalue weighted by molar-refractivity contribution is -0.179. The molecule has 5 fully saturated rings. The smallest absolute Gasteiger partial charge is 0.336 e. The number of morpholine rings is 1. The minimum atomic E-state index is -0.571. The third-order valence-electron chi connectivity index (χ3n) is 9.53. The molecule has 4 saturated carbocycles. The molecule has 0 spiro atoms. The minimum absolute atomic E-state index is 0.0826. The quantitative estimate of drug-likeness (QED) is 0.550. The normalized spacial score (nSPS) is 48.5. The Hall–Kier alpha value is -1.27. The van der Waals surface area contributed by atoms with Crippen LogP contribution < -0.4 is 5.32 Å². The molecule has 0 aromatic carbocycles. The van der Waals surface area contributed by atoms with Gasteiger partial charge in [0.2, 0.25) is 11.6 Å². The molecule has 5 rings (SSSR count). The number of fused-ring (bicyclic) bond motifs is 5. The molecular formula is C24H35NO5. The maximum Gasteiger partial charge on any atom is 0.336 e. The second-order valence-corrected chi connectivity index (χ2v) is 11.0. The Kier molecular flexibility index (Phi) is 5.09. The van der Waals surface area contributed by atoms with E-state index < -0.39 is 6.10 Å². The predicted molar refractivity (Wildman–Crippen MR) is 110 cm³/mol. The molecule has 0 aromatic rings. The van der Waals surface area contributed by atoms with E-state index in [-0.39, 0.29) is 46.3 Å². The molecule has 1 saturated heterocycles. The summed E-state index contributed by atoms with van der Waals surface area (Å²) in [6, 6.07) is 0. The summed E-state index contributed by atoms with van der Waals surface area (Å²) in [5.41, 5.74) is 0.0897. The van der Waals surface area contributed by atoms with Gasteiger partial charge in [0, 0.05) is 24.9 Å². The van der Waals surface area contributed by atoms with E-state index >= 15 is 0 Å². The van der Waals surface area contributed by atoms with E-state index in [1.165, 1.54) is 19.3 Å². The summed E-state index contributed by atoms with van der Waals surface area (Å²) in [4.78, 5) is 39.2. The molecule has 6 heteroatoms. The van der Waals surface area contributed by atoms with Crippen LogP contribution in [0.1, 0.15) is 65.2 Å². The summed E-state index contributed by atoms with van der Waals surface area (Å²) in [7, 11) is 0. The first kappa shape index (κ1) is 20.6. The van der Waals surface area contributed by atoms with Crippen molar-refractivity contribution in [2.24, 2.45) is 34.5 Å². The molecule has 4 aliphatic carbocycles. The van der Waals surface area contributed by atoms with Gasteiger partial charge < -0.3 is 14.8 Å². The number of carbonyl (C=O) groups is 3. The average molecular weight is 418 g/mol. The van der Waals surface area contributed by atoms with Gasteiger partial charge in [-0.2, -0.15) is 0 Å². The number of hydrogen-bond donors (Lipinski definition) is 1. The van der Waals surface area contributed by atoms with Crippen LogP contribution in [-0.2, 0) is 23.9 Å². The Morgan fingerprint density at radius 1 is 1.07 bits per heavy atom. The van der Waals surface area contributed by atoms with E-state index in [1.807, 2.05) is 0 Å². The van der Waals surface area contributed by atoms with Gasteiger partial charge in [0.15, 0.2) is 6.10 Å². The van der Waals surface area contributed by atoms with Crippen LogP contribution in [0.5, 0.6) is 0 Å². The van der Waals surface area contributed by atoms with Crippen molar-refractivity contribution in [1.82, 2.24) is 5.32 Å². The zero-order valence-corrected chi connectivity index (χ0v) is 18.3. The summed E-state index contributed by atoms with van der Waals surface area (Å²) >= 11 is 0. The third kappa shape index (κ3) is 3.09. The lowest BCUT2D eigenvalue weighted by atomic mass is 9.44. The molecule has 0 bridgehead atoms. The molecule has 0 amide bonds. The zero-order valence-electron chi connectivity index (χ0n) is 18.3. The van der Waals surface area contributed by atoms with Gasteiger partial charge in [-0.25, -0.2) is 4.79 Å². The largest absolute Gasteiger partial charge is 0.460 e. The van der Waals surface area contributed by atoms with Crippen LogP contribution in [0.15, 0.2) is 0 Å². The second kappa shape index (κ2) is 7.40. The van der Waals surface area contributed by atoms with Gasteiger partial charge in [0.05, 0.1) is 6.61 Å². The minimum Gasteiger partial charge on any atom is -0.460 e. The Bertz CT molecular complexity index is 746. The van der Waals surface area contributed by atoms with Gasteiger partial charge in [-0.1, -0.05) is 20.3 Å². The van der Waals surface area contributed by atoms with Crippen LogP contribution in [0.2, 0.25) is 0 Å². The highest BCUT2D eigenvalue weighted by Crippen LogP contribution is 2.64. The number of nitrogens with one attached hydrogen (secondary N) is 1. The number of Topliss-reactive ketones (excluding diaryl/α,β-unsaturated/α-hetero) is 2. The van der Waals surface area contributed by atoms with Crippen molar-refractivity contribution in [1.29, 1.82) is 0 Å². The number of hydrogen-bond acceptors (Lipinski definition) is 6. The van der Waals surface area contributed by atoms with Crippen LogP contribution in [-0.4, -0.2) is 49.4 Å². The van der Waals surface area contributed by atoms with Gasteiger partial charge in [0.1, 0.15) is 6.10 Å². The fourth-order valence-corrected chi connectivity index (χ4v) is 7.78. The highest BCUT2D eigenvalue weighted by Gasteiger charge is 2.64. The van der Waals surface area contributed by atoms with E-state index in [0.717, 1.165) is 32.2 Å². The monoisotopic (exact) mass is 417 g/mol. The van der Waals surface area contributed by atoms with E-state index in [0.29, 0.717) is 31.4 Å². The van der Waals surface area contributed by atoms with Crippen LogP contribution in [0.3, 0.4) is 0 Å². The lowest BCUT2D eigenvalue weighted by Gasteiger charge is -2.58. The third-order valence-corrected chi connectivity index (χ3v) is 9.53. The Morgan fingerprint density at radius 2 is 1.90 bits per heavy atom. The van der Waals surface area contributed by atoms with Gasteiger partial charge in [0.25, 0.3) is 0 Å². The Balaban J connectivity index is 1.33. The van der Waals surface area contributed by atoms with Crippen LogP contribution in [0, 0.1) is 34.5 Å². The molecule has 0 radical (unpaired) electrons. The molecular weight excluding hydrogens is 382 g/mol. The topological polar surface area (TPSA) is 81.7 Å². The summed E-state index contributed by atoms with van der Waals surface area (Å²) in [5, 5.41) is 3.14. The maximum atomic E-state index is 13.3. The van der Waals surface area contributed by atoms with Crippen LogP contribution in [0.4, 0.5) is 0 Å². The van der Waals surface area contributed by atoms with Gasteiger partial charge in [-0.05, 0) is 67.6 Å². The molecule has 1 aliphatic heterocycles. The second-order valence-electron chi connectivity index (χ2n) is 11.0. The van der Waals surface area contributed by atoms with Crippen LogP contribution in [0.25, 0.3) is 0 Å². The fraction of sp³-hybridized carbons (Fsp3) is 0.875. The number of esters is 1. The zero-order chi connectivity index (χ0) is 21.1. The molecule has 0 aromatic heterocycles. The highest BCUT2D eigenvalue weighted by molar-refractivity contribution is 6.39. The molecule has 166 valence electrons. The van der Waals surface area contributed by atoms with E-state index in [9.17, 15) is 14.4 Å². The first-order valence-electron chi connectivity index (χ1n) is 11.9. The Morgan fingerprint density at radius 3 is 2.67 bits per heavy atom. The van der Waals surface area contributed by atoms with Crippen molar-refractivity contribution < 1.29 is 23.9 Å². The van der Waals surface area contributed by atoms with E-state index in [1.54, 1.807) is 0 Å². The molecule has 1 heterocycles. The fourth-order valence-electron chi connectivity index (χ4n) is 7.78. The predicted octanol–water partition coefficient (Wildman–Crippen LogP) is 2.68. The van der Waals surface area contributed by atoms with Gasteiger partial charge in [-0.3, -0.25) is 9.59 Å². The van der Waals surface area contributed by atoms with Crippen LogP contribution >= 0.6 is 0 Å².